The molecule has 0 bridgehead atoms. The molecule has 1 amide bonds. The summed E-state index contributed by atoms with van der Waals surface area (Å²) in [5.74, 6) is 0.00509. The summed E-state index contributed by atoms with van der Waals surface area (Å²) >= 11 is 0. The molecule has 22 heavy (non-hydrogen) atoms. The van der Waals surface area contributed by atoms with E-state index in [1.807, 2.05) is 26.0 Å². The highest BCUT2D eigenvalue weighted by Gasteiger charge is 2.16. The van der Waals surface area contributed by atoms with Crippen LogP contribution in [0.2, 0.25) is 0 Å². The van der Waals surface area contributed by atoms with Crippen molar-refractivity contribution in [2.75, 3.05) is 0 Å². The normalized spacial score (nSPS) is 14.5. The van der Waals surface area contributed by atoms with Gasteiger partial charge in [0.25, 0.3) is 5.91 Å². The molecule has 2 nitrogen and oxygen atoms in total. The largest absolute Gasteiger partial charge is 0.346 e. The second kappa shape index (κ2) is 5.96. The van der Waals surface area contributed by atoms with E-state index in [1.165, 1.54) is 41.5 Å². The van der Waals surface area contributed by atoms with Crippen LogP contribution in [0, 0.1) is 13.8 Å². The van der Waals surface area contributed by atoms with Crippen LogP contribution in [0.25, 0.3) is 0 Å². The van der Waals surface area contributed by atoms with Crippen LogP contribution in [0.15, 0.2) is 36.4 Å². The van der Waals surface area contributed by atoms with Gasteiger partial charge in [-0.3, -0.25) is 4.79 Å². The molecule has 0 saturated carbocycles. The molecule has 114 valence electrons. The number of benzene rings is 2. The lowest BCUT2D eigenvalue weighted by Crippen LogP contribution is -2.27. The molecule has 1 aliphatic carbocycles. The van der Waals surface area contributed by atoms with Gasteiger partial charge in [-0.25, -0.2) is 0 Å². The lowest BCUT2D eigenvalue weighted by Gasteiger charge is -2.16. The lowest BCUT2D eigenvalue weighted by atomic mass is 10.0. The first kappa shape index (κ1) is 14.8. The molecule has 0 radical (unpaired) electrons. The molecule has 0 unspecified atom stereocenters. The van der Waals surface area contributed by atoms with Gasteiger partial charge in [0, 0.05) is 5.56 Å². The average Bonchev–Trinajstić information content (AvgIpc) is 2.94. The fraction of sp³-hybridized carbons (Fsp3) is 0.350. The number of nitrogens with one attached hydrogen (secondary N) is 1. The predicted molar refractivity (Wildman–Crippen MR) is 90.3 cm³/mol. The van der Waals surface area contributed by atoms with E-state index in [9.17, 15) is 4.79 Å². The van der Waals surface area contributed by atoms with Crippen molar-refractivity contribution < 1.29 is 4.79 Å². The first-order valence-corrected chi connectivity index (χ1v) is 8.04. The number of rotatable bonds is 3. The van der Waals surface area contributed by atoms with Gasteiger partial charge in [0.2, 0.25) is 0 Å². The van der Waals surface area contributed by atoms with E-state index < -0.39 is 0 Å². The van der Waals surface area contributed by atoms with Gasteiger partial charge in [0.05, 0.1) is 6.04 Å². The summed E-state index contributed by atoms with van der Waals surface area (Å²) in [7, 11) is 0. The molecule has 1 atom stereocenters. The highest BCUT2D eigenvalue weighted by atomic mass is 16.1. The molecule has 2 aromatic rings. The average molecular weight is 293 g/mol. The van der Waals surface area contributed by atoms with E-state index in [1.54, 1.807) is 0 Å². The van der Waals surface area contributed by atoms with Gasteiger partial charge in [-0.2, -0.15) is 0 Å². The Morgan fingerprint density at radius 1 is 1.05 bits per heavy atom. The fourth-order valence-electron chi connectivity index (χ4n) is 3.29. The zero-order valence-electron chi connectivity index (χ0n) is 13.6. The zero-order chi connectivity index (χ0) is 15.7. The van der Waals surface area contributed by atoms with E-state index >= 15 is 0 Å². The van der Waals surface area contributed by atoms with Gasteiger partial charge in [0.15, 0.2) is 0 Å². The summed E-state index contributed by atoms with van der Waals surface area (Å²) in [6.07, 6.45) is 3.61. The van der Waals surface area contributed by atoms with Gasteiger partial charge < -0.3 is 5.32 Å². The lowest BCUT2D eigenvalue weighted by molar-refractivity contribution is 0.0939. The van der Waals surface area contributed by atoms with Crippen molar-refractivity contribution >= 4 is 5.91 Å². The maximum absolute atomic E-state index is 12.5. The van der Waals surface area contributed by atoms with E-state index in [2.05, 4.69) is 36.5 Å². The first-order chi connectivity index (χ1) is 10.5. The minimum absolute atomic E-state index is 0.00509. The molecule has 0 aromatic heterocycles. The van der Waals surface area contributed by atoms with Crippen molar-refractivity contribution in [1.29, 1.82) is 0 Å². The van der Waals surface area contributed by atoms with Crippen LogP contribution in [0.4, 0.5) is 0 Å². The molecule has 3 rings (SSSR count). The Balaban J connectivity index is 1.76. The van der Waals surface area contributed by atoms with Gasteiger partial charge in [0.1, 0.15) is 0 Å². The Kier molecular flexibility index (Phi) is 4.02. The maximum Gasteiger partial charge on any atom is 0.252 e. The molecular formula is C20H23NO. The number of carbonyl (C=O) groups is 1. The van der Waals surface area contributed by atoms with Crippen LogP contribution in [0.5, 0.6) is 0 Å². The summed E-state index contributed by atoms with van der Waals surface area (Å²) < 4.78 is 0. The Bertz CT molecular complexity index is 718. The smallest absolute Gasteiger partial charge is 0.252 e. The standard InChI is InChI=1S/C20H23NO/c1-13-7-10-19(14(2)11-13)20(22)21-15(3)17-9-8-16-5-4-6-18(16)12-17/h7-12,15H,4-6H2,1-3H3,(H,21,22)/t15-/m1/s1. The van der Waals surface area contributed by atoms with Crippen molar-refractivity contribution in [3.63, 3.8) is 0 Å². The molecule has 2 heteroatoms. The third-order valence-electron chi connectivity index (χ3n) is 4.60. The number of hydrogen-bond donors (Lipinski definition) is 1. The number of amides is 1. The number of aryl methyl sites for hydroxylation is 4. The minimum Gasteiger partial charge on any atom is -0.346 e. The van der Waals surface area contributed by atoms with Crippen LogP contribution in [0.3, 0.4) is 0 Å². The van der Waals surface area contributed by atoms with Crippen LogP contribution in [-0.4, -0.2) is 5.91 Å². The molecule has 0 aliphatic heterocycles. The molecular weight excluding hydrogens is 270 g/mol. The van der Waals surface area contributed by atoms with Crippen LogP contribution in [0.1, 0.15) is 57.6 Å². The molecule has 0 heterocycles. The molecule has 0 fully saturated rings. The van der Waals surface area contributed by atoms with Crippen LogP contribution >= 0.6 is 0 Å². The van der Waals surface area contributed by atoms with Crippen molar-refractivity contribution in [2.24, 2.45) is 0 Å². The molecule has 2 aromatic carbocycles. The Labute approximate surface area is 132 Å². The summed E-state index contributed by atoms with van der Waals surface area (Å²) in [4.78, 5) is 12.5. The summed E-state index contributed by atoms with van der Waals surface area (Å²) in [6.45, 7) is 6.09. The van der Waals surface area contributed by atoms with Gasteiger partial charge in [-0.1, -0.05) is 35.9 Å². The topological polar surface area (TPSA) is 29.1 Å². The number of fused-ring (bicyclic) bond motifs is 1. The van der Waals surface area contributed by atoms with Crippen LogP contribution < -0.4 is 5.32 Å². The Hall–Kier alpha value is -2.09. The van der Waals surface area contributed by atoms with Gasteiger partial charge >= 0.3 is 0 Å². The minimum atomic E-state index is 0.00509. The molecule has 0 saturated heterocycles. The number of hydrogen-bond acceptors (Lipinski definition) is 1. The third-order valence-corrected chi connectivity index (χ3v) is 4.60. The van der Waals surface area contributed by atoms with Crippen molar-refractivity contribution in [3.05, 3.63) is 69.8 Å². The Morgan fingerprint density at radius 3 is 2.59 bits per heavy atom. The van der Waals surface area contributed by atoms with E-state index in [0.29, 0.717) is 0 Å². The zero-order valence-corrected chi connectivity index (χ0v) is 13.6. The highest BCUT2D eigenvalue weighted by molar-refractivity contribution is 5.95. The van der Waals surface area contributed by atoms with E-state index in [4.69, 9.17) is 0 Å². The second-order valence-corrected chi connectivity index (χ2v) is 6.40. The summed E-state index contributed by atoms with van der Waals surface area (Å²) in [5, 5.41) is 3.13. The van der Waals surface area contributed by atoms with E-state index in [-0.39, 0.29) is 11.9 Å². The molecule has 0 spiro atoms. The summed E-state index contributed by atoms with van der Waals surface area (Å²) in [5.41, 5.74) is 7.08. The van der Waals surface area contributed by atoms with Crippen molar-refractivity contribution in [2.45, 2.75) is 46.1 Å². The summed E-state index contributed by atoms with van der Waals surface area (Å²) in [6, 6.07) is 12.6. The molecule has 1 N–H and O–H groups in total. The van der Waals surface area contributed by atoms with Crippen LogP contribution in [-0.2, 0) is 12.8 Å². The van der Waals surface area contributed by atoms with E-state index in [0.717, 1.165) is 11.1 Å². The van der Waals surface area contributed by atoms with Gasteiger partial charge in [-0.15, -0.1) is 0 Å². The van der Waals surface area contributed by atoms with Crippen molar-refractivity contribution in [3.8, 4) is 0 Å². The SMILES string of the molecule is Cc1ccc(C(=O)N[C@H](C)c2ccc3c(c2)CCC3)c(C)c1. The second-order valence-electron chi connectivity index (χ2n) is 6.40. The predicted octanol–water partition coefficient (Wildman–Crippen LogP) is 4.28. The maximum atomic E-state index is 12.5. The number of carbonyl (C=O) groups excluding carboxylic acids is 1. The third kappa shape index (κ3) is 2.92. The fourth-order valence-corrected chi connectivity index (χ4v) is 3.29. The molecule has 1 aliphatic rings. The Morgan fingerprint density at radius 2 is 1.82 bits per heavy atom. The monoisotopic (exact) mass is 293 g/mol. The first-order valence-electron chi connectivity index (χ1n) is 8.04. The van der Waals surface area contributed by atoms with Gasteiger partial charge in [-0.05, 0) is 68.4 Å². The highest BCUT2D eigenvalue weighted by Crippen LogP contribution is 2.25. The quantitative estimate of drug-likeness (QED) is 0.899. The van der Waals surface area contributed by atoms with Crippen molar-refractivity contribution in [1.82, 2.24) is 5.32 Å².